The summed E-state index contributed by atoms with van der Waals surface area (Å²) in [5.74, 6) is 0.882. The fraction of sp³-hybridized carbons (Fsp3) is 0.615. The van der Waals surface area contributed by atoms with Crippen LogP contribution in [0.4, 0.5) is 5.82 Å². The molecule has 5 nitrogen and oxygen atoms in total. The lowest BCUT2D eigenvalue weighted by Crippen LogP contribution is -2.43. The lowest BCUT2D eigenvalue weighted by atomic mass is 9.97. The third-order valence-electron chi connectivity index (χ3n) is 3.29. The number of hydrogen-bond acceptors (Lipinski definition) is 4. The van der Waals surface area contributed by atoms with Crippen LogP contribution in [-0.4, -0.2) is 35.5 Å². The molecule has 2 heterocycles. The maximum absolute atomic E-state index is 12.0. The van der Waals surface area contributed by atoms with Crippen molar-refractivity contribution in [1.29, 1.82) is 0 Å². The van der Waals surface area contributed by atoms with Gasteiger partial charge in [0.25, 0.3) is 0 Å². The molecule has 6 heteroatoms. The van der Waals surface area contributed by atoms with E-state index in [1.807, 2.05) is 6.92 Å². The molecule has 1 saturated heterocycles. The van der Waals surface area contributed by atoms with Crippen molar-refractivity contribution >= 4 is 23.3 Å². The summed E-state index contributed by atoms with van der Waals surface area (Å²) < 4.78 is 0. The van der Waals surface area contributed by atoms with Crippen molar-refractivity contribution in [3.05, 3.63) is 17.5 Å². The van der Waals surface area contributed by atoms with E-state index in [0.29, 0.717) is 11.6 Å². The molecule has 0 radical (unpaired) electrons. The number of anilines is 1. The molecule has 0 aliphatic carbocycles. The Hall–Kier alpha value is -1.36. The van der Waals surface area contributed by atoms with Crippen LogP contribution in [0.25, 0.3) is 0 Å². The molecule has 0 saturated carbocycles. The van der Waals surface area contributed by atoms with Gasteiger partial charge in [0.15, 0.2) is 5.82 Å². The largest absolute Gasteiger partial charge is 0.356 e. The molecule has 104 valence electrons. The fourth-order valence-electron chi connectivity index (χ4n) is 2.31. The summed E-state index contributed by atoms with van der Waals surface area (Å²) >= 11 is 6.10. The zero-order valence-electron chi connectivity index (χ0n) is 11.1. The molecule has 1 aliphatic heterocycles. The first-order valence-electron chi connectivity index (χ1n) is 6.70. The van der Waals surface area contributed by atoms with E-state index in [0.717, 1.165) is 38.2 Å². The molecule has 0 spiro atoms. The maximum Gasteiger partial charge on any atom is 0.224 e. The van der Waals surface area contributed by atoms with E-state index < -0.39 is 0 Å². The summed E-state index contributed by atoms with van der Waals surface area (Å²) in [7, 11) is 0. The van der Waals surface area contributed by atoms with E-state index in [1.165, 1.54) is 6.33 Å². The predicted molar refractivity (Wildman–Crippen MR) is 75.3 cm³/mol. The van der Waals surface area contributed by atoms with Crippen LogP contribution in [0.15, 0.2) is 12.5 Å². The molecule has 0 aromatic carbocycles. The van der Waals surface area contributed by atoms with E-state index in [4.69, 9.17) is 11.6 Å². The van der Waals surface area contributed by atoms with Crippen molar-refractivity contribution < 1.29 is 4.79 Å². The number of carbonyl (C=O) groups is 1. The van der Waals surface area contributed by atoms with Gasteiger partial charge in [0.05, 0.1) is 12.1 Å². The molecule has 1 atom stereocenters. The number of rotatable bonds is 4. The van der Waals surface area contributed by atoms with Gasteiger partial charge in [0, 0.05) is 19.6 Å². The van der Waals surface area contributed by atoms with Crippen LogP contribution in [-0.2, 0) is 4.79 Å². The van der Waals surface area contributed by atoms with Gasteiger partial charge in [-0.05, 0) is 19.3 Å². The van der Waals surface area contributed by atoms with Crippen molar-refractivity contribution in [2.75, 3.05) is 24.5 Å². The second kappa shape index (κ2) is 6.70. The SMILES string of the molecule is CCCNC(=O)C1CCCN(c2ncncc2Cl)C1. The Bertz CT molecular complexity index is 440. The van der Waals surface area contributed by atoms with Gasteiger partial charge in [-0.25, -0.2) is 9.97 Å². The lowest BCUT2D eigenvalue weighted by Gasteiger charge is -2.33. The number of nitrogens with one attached hydrogen (secondary N) is 1. The Balaban J connectivity index is 2.01. The Morgan fingerprint density at radius 2 is 2.47 bits per heavy atom. The number of amides is 1. The van der Waals surface area contributed by atoms with E-state index in [1.54, 1.807) is 6.20 Å². The van der Waals surface area contributed by atoms with E-state index in [2.05, 4.69) is 20.2 Å². The highest BCUT2D eigenvalue weighted by atomic mass is 35.5. The maximum atomic E-state index is 12.0. The molecule has 19 heavy (non-hydrogen) atoms. The monoisotopic (exact) mass is 282 g/mol. The van der Waals surface area contributed by atoms with Crippen LogP contribution in [0, 0.1) is 5.92 Å². The van der Waals surface area contributed by atoms with Crippen LogP contribution < -0.4 is 10.2 Å². The third kappa shape index (κ3) is 3.56. The van der Waals surface area contributed by atoms with Gasteiger partial charge in [-0.3, -0.25) is 4.79 Å². The first kappa shape index (κ1) is 14.1. The van der Waals surface area contributed by atoms with Gasteiger partial charge in [0.2, 0.25) is 5.91 Å². The minimum Gasteiger partial charge on any atom is -0.356 e. The number of aromatic nitrogens is 2. The van der Waals surface area contributed by atoms with E-state index in [-0.39, 0.29) is 11.8 Å². The van der Waals surface area contributed by atoms with Crippen LogP contribution in [0.1, 0.15) is 26.2 Å². The molecule has 1 aromatic rings. The Morgan fingerprint density at radius 1 is 1.63 bits per heavy atom. The van der Waals surface area contributed by atoms with Gasteiger partial charge in [-0.2, -0.15) is 0 Å². The summed E-state index contributed by atoms with van der Waals surface area (Å²) in [4.78, 5) is 22.2. The van der Waals surface area contributed by atoms with Crippen molar-refractivity contribution in [3.63, 3.8) is 0 Å². The predicted octanol–water partition coefficient (Wildman–Crippen LogP) is 1.87. The molecule has 0 bridgehead atoms. The van der Waals surface area contributed by atoms with Crippen LogP contribution in [0.5, 0.6) is 0 Å². The van der Waals surface area contributed by atoms with Gasteiger partial charge < -0.3 is 10.2 Å². The number of nitrogens with zero attached hydrogens (tertiary/aromatic N) is 3. The molecule has 1 N–H and O–H groups in total. The summed E-state index contributed by atoms with van der Waals surface area (Å²) in [5.41, 5.74) is 0. The van der Waals surface area contributed by atoms with Gasteiger partial charge in [0.1, 0.15) is 11.3 Å². The Labute approximate surface area is 118 Å². The van der Waals surface area contributed by atoms with Crippen molar-refractivity contribution in [2.24, 2.45) is 5.92 Å². The second-order valence-electron chi connectivity index (χ2n) is 4.77. The normalized spacial score (nSPS) is 19.3. The first-order valence-corrected chi connectivity index (χ1v) is 7.08. The number of carbonyl (C=O) groups excluding carboxylic acids is 1. The average Bonchev–Trinajstić information content (AvgIpc) is 2.45. The molecule has 1 aromatic heterocycles. The fourth-order valence-corrected chi connectivity index (χ4v) is 2.54. The first-order chi connectivity index (χ1) is 9.22. The molecule has 1 unspecified atom stereocenters. The summed E-state index contributed by atoms with van der Waals surface area (Å²) in [6.45, 7) is 4.35. The molecule has 1 aliphatic rings. The molecular weight excluding hydrogens is 264 g/mol. The van der Waals surface area contributed by atoms with Crippen molar-refractivity contribution in [1.82, 2.24) is 15.3 Å². The minimum atomic E-state index is 0.0198. The number of halogens is 1. The second-order valence-corrected chi connectivity index (χ2v) is 5.18. The molecule has 1 amide bonds. The Morgan fingerprint density at radius 3 is 3.21 bits per heavy atom. The summed E-state index contributed by atoms with van der Waals surface area (Å²) in [6.07, 6.45) is 5.94. The highest BCUT2D eigenvalue weighted by molar-refractivity contribution is 6.32. The van der Waals surface area contributed by atoms with Gasteiger partial charge in [-0.1, -0.05) is 18.5 Å². The zero-order valence-corrected chi connectivity index (χ0v) is 11.9. The van der Waals surface area contributed by atoms with Gasteiger partial charge in [-0.15, -0.1) is 0 Å². The molecular formula is C13H19ClN4O. The zero-order chi connectivity index (χ0) is 13.7. The van der Waals surface area contributed by atoms with Gasteiger partial charge >= 0.3 is 0 Å². The standard InChI is InChI=1S/C13H19ClN4O/c1-2-5-16-13(19)10-4-3-6-18(8-10)12-11(14)7-15-9-17-12/h7,9-10H,2-6,8H2,1H3,(H,16,19). The lowest BCUT2D eigenvalue weighted by molar-refractivity contribution is -0.125. The smallest absolute Gasteiger partial charge is 0.224 e. The number of hydrogen-bond donors (Lipinski definition) is 1. The average molecular weight is 283 g/mol. The van der Waals surface area contributed by atoms with Crippen molar-refractivity contribution in [3.8, 4) is 0 Å². The quantitative estimate of drug-likeness (QED) is 0.916. The van der Waals surface area contributed by atoms with E-state index in [9.17, 15) is 4.79 Å². The summed E-state index contributed by atoms with van der Waals surface area (Å²) in [6, 6.07) is 0. The Kier molecular flexibility index (Phi) is 4.96. The minimum absolute atomic E-state index is 0.0198. The molecule has 1 fully saturated rings. The van der Waals surface area contributed by atoms with Crippen LogP contribution in [0.2, 0.25) is 5.02 Å². The number of piperidine rings is 1. The summed E-state index contributed by atoms with van der Waals surface area (Å²) in [5, 5.41) is 3.50. The van der Waals surface area contributed by atoms with Crippen molar-refractivity contribution in [2.45, 2.75) is 26.2 Å². The highest BCUT2D eigenvalue weighted by Gasteiger charge is 2.27. The molecule has 2 rings (SSSR count). The highest BCUT2D eigenvalue weighted by Crippen LogP contribution is 2.26. The third-order valence-corrected chi connectivity index (χ3v) is 3.56. The van der Waals surface area contributed by atoms with Crippen LogP contribution in [0.3, 0.4) is 0 Å². The topological polar surface area (TPSA) is 58.1 Å². The van der Waals surface area contributed by atoms with E-state index >= 15 is 0 Å². The van der Waals surface area contributed by atoms with Crippen LogP contribution >= 0.6 is 11.6 Å².